The first-order valence-corrected chi connectivity index (χ1v) is 12.9. The smallest absolute Gasteiger partial charge is 0.146 e. The van der Waals surface area contributed by atoms with Gasteiger partial charge in [-0.25, -0.2) is 0 Å². The minimum atomic E-state index is -1.75. The van der Waals surface area contributed by atoms with Crippen LogP contribution in [-0.4, -0.2) is 33.0 Å². The highest BCUT2D eigenvalue weighted by Crippen LogP contribution is 2.40. The molecule has 1 N–H and O–H groups in total. The van der Waals surface area contributed by atoms with E-state index in [-0.39, 0.29) is 0 Å². The van der Waals surface area contributed by atoms with E-state index in [2.05, 4.69) is 53.0 Å². The topological polar surface area (TPSA) is 38.7 Å². The number of aliphatic hydroxyl groups is 1. The van der Waals surface area contributed by atoms with Crippen LogP contribution in [0.15, 0.2) is 24.3 Å². The van der Waals surface area contributed by atoms with Gasteiger partial charge in [0, 0.05) is 6.61 Å². The highest BCUT2D eigenvalue weighted by Gasteiger charge is 2.41. The summed E-state index contributed by atoms with van der Waals surface area (Å²) in [6, 6.07) is 7.93. The SMILES string of the molecule is COc1ccc(COCCCC[C@@H](O)C#C[Si](C(C)C)(C(C)C)C(C)C)cc1. The lowest BCUT2D eigenvalue weighted by atomic mass is 10.2. The molecular formula is C24H40O3Si. The third-order valence-corrected chi connectivity index (χ3v) is 12.1. The summed E-state index contributed by atoms with van der Waals surface area (Å²) < 4.78 is 10.9. The van der Waals surface area contributed by atoms with E-state index in [1.54, 1.807) is 7.11 Å². The Morgan fingerprint density at radius 2 is 1.50 bits per heavy atom. The highest BCUT2D eigenvalue weighted by molar-refractivity contribution is 6.90. The summed E-state index contributed by atoms with van der Waals surface area (Å²) in [5, 5.41) is 10.3. The quantitative estimate of drug-likeness (QED) is 0.281. The molecule has 0 saturated carbocycles. The van der Waals surface area contributed by atoms with Crippen molar-refractivity contribution in [1.29, 1.82) is 0 Å². The molecule has 1 aromatic carbocycles. The predicted octanol–water partition coefficient (Wildman–Crippen LogP) is 5.96. The Labute approximate surface area is 173 Å². The molecule has 0 aliphatic carbocycles. The first-order valence-electron chi connectivity index (χ1n) is 10.6. The molecule has 1 aromatic rings. The number of methoxy groups -OCH3 is 1. The maximum atomic E-state index is 10.3. The van der Waals surface area contributed by atoms with Gasteiger partial charge in [0.2, 0.25) is 0 Å². The molecule has 0 radical (unpaired) electrons. The summed E-state index contributed by atoms with van der Waals surface area (Å²) in [6.07, 6.45) is 2.07. The number of hydrogen-bond donors (Lipinski definition) is 1. The van der Waals surface area contributed by atoms with E-state index in [0.717, 1.165) is 30.6 Å². The Morgan fingerprint density at radius 1 is 0.929 bits per heavy atom. The van der Waals surface area contributed by atoms with Crippen molar-refractivity contribution in [2.45, 2.75) is 90.1 Å². The largest absolute Gasteiger partial charge is 0.497 e. The van der Waals surface area contributed by atoms with E-state index in [1.807, 2.05) is 24.3 Å². The van der Waals surface area contributed by atoms with Crippen molar-refractivity contribution in [1.82, 2.24) is 0 Å². The van der Waals surface area contributed by atoms with Crippen LogP contribution >= 0.6 is 0 Å². The zero-order chi connectivity index (χ0) is 21.2. The molecule has 1 atom stereocenters. The molecule has 1 rings (SSSR count). The van der Waals surface area contributed by atoms with Crippen LogP contribution in [0.3, 0.4) is 0 Å². The van der Waals surface area contributed by atoms with Crippen LogP contribution in [0.5, 0.6) is 5.75 Å². The summed E-state index contributed by atoms with van der Waals surface area (Å²) >= 11 is 0. The molecule has 3 nitrogen and oxygen atoms in total. The van der Waals surface area contributed by atoms with Gasteiger partial charge in [-0.1, -0.05) is 59.6 Å². The Kier molecular flexibility index (Phi) is 10.9. The Hall–Kier alpha value is -1.28. The van der Waals surface area contributed by atoms with Gasteiger partial charge in [-0.15, -0.1) is 5.54 Å². The van der Waals surface area contributed by atoms with Crippen molar-refractivity contribution in [3.05, 3.63) is 29.8 Å². The molecule has 0 spiro atoms. The van der Waals surface area contributed by atoms with E-state index >= 15 is 0 Å². The number of unbranched alkanes of at least 4 members (excludes halogenated alkanes) is 1. The molecular weight excluding hydrogens is 364 g/mol. The minimum Gasteiger partial charge on any atom is -0.497 e. The first-order chi connectivity index (χ1) is 13.2. The Bertz CT molecular complexity index is 589. The van der Waals surface area contributed by atoms with Gasteiger partial charge in [0.25, 0.3) is 0 Å². The molecule has 0 aliphatic heterocycles. The summed E-state index contributed by atoms with van der Waals surface area (Å²) in [7, 11) is -0.0821. The molecule has 0 heterocycles. The molecule has 0 fully saturated rings. The first kappa shape index (κ1) is 24.8. The molecule has 0 aromatic heterocycles. The molecule has 0 aliphatic rings. The second-order valence-electron chi connectivity index (χ2n) is 8.58. The number of ether oxygens (including phenoxy) is 2. The molecule has 0 bridgehead atoms. The van der Waals surface area contributed by atoms with E-state index in [0.29, 0.717) is 29.8 Å². The third kappa shape index (κ3) is 7.27. The molecule has 0 amide bonds. The van der Waals surface area contributed by atoms with Gasteiger partial charge in [0.05, 0.1) is 13.7 Å². The van der Waals surface area contributed by atoms with E-state index in [9.17, 15) is 5.11 Å². The maximum Gasteiger partial charge on any atom is 0.146 e. The zero-order valence-electron chi connectivity index (χ0n) is 18.9. The Morgan fingerprint density at radius 3 is 2.00 bits per heavy atom. The fourth-order valence-corrected chi connectivity index (χ4v) is 9.45. The number of rotatable bonds is 11. The lowest BCUT2D eigenvalue weighted by Crippen LogP contribution is -2.43. The zero-order valence-corrected chi connectivity index (χ0v) is 19.9. The standard InChI is InChI=1S/C24H40O3Si/c1-19(2)28(20(3)4,21(5)6)17-15-23(25)10-8-9-16-27-18-22-11-13-24(26-7)14-12-22/h11-14,19-21,23,25H,8-10,16,18H2,1-7H3/t23-/m1/s1. The van der Waals surface area contributed by atoms with Gasteiger partial charge >= 0.3 is 0 Å². The summed E-state index contributed by atoms with van der Waals surface area (Å²) in [5.74, 6) is 4.07. The van der Waals surface area contributed by atoms with Crippen molar-refractivity contribution >= 4 is 8.07 Å². The third-order valence-electron chi connectivity index (χ3n) is 5.77. The normalized spacial score (nSPS) is 13.0. The van der Waals surface area contributed by atoms with E-state index in [1.165, 1.54) is 0 Å². The lowest BCUT2D eigenvalue weighted by Gasteiger charge is -2.38. The average Bonchev–Trinajstić information content (AvgIpc) is 2.64. The van der Waals surface area contributed by atoms with Gasteiger partial charge in [-0.2, -0.15) is 0 Å². The van der Waals surface area contributed by atoms with Gasteiger partial charge < -0.3 is 14.6 Å². The van der Waals surface area contributed by atoms with E-state index < -0.39 is 14.2 Å². The average molecular weight is 405 g/mol. The van der Waals surface area contributed by atoms with Crippen LogP contribution in [0.4, 0.5) is 0 Å². The van der Waals surface area contributed by atoms with Gasteiger partial charge in [-0.05, 0) is 53.6 Å². The van der Waals surface area contributed by atoms with Crippen molar-refractivity contribution < 1.29 is 14.6 Å². The highest BCUT2D eigenvalue weighted by atomic mass is 28.3. The van der Waals surface area contributed by atoms with Crippen molar-refractivity contribution in [2.24, 2.45) is 0 Å². The van der Waals surface area contributed by atoms with Crippen molar-refractivity contribution in [2.75, 3.05) is 13.7 Å². The predicted molar refractivity (Wildman–Crippen MR) is 121 cm³/mol. The van der Waals surface area contributed by atoms with Crippen LogP contribution < -0.4 is 4.74 Å². The summed E-state index contributed by atoms with van der Waals surface area (Å²) in [5.41, 5.74) is 6.54. The maximum absolute atomic E-state index is 10.3. The Balaban J connectivity index is 2.38. The van der Waals surface area contributed by atoms with E-state index in [4.69, 9.17) is 9.47 Å². The fourth-order valence-electron chi connectivity index (χ4n) is 4.17. The van der Waals surface area contributed by atoms with Crippen LogP contribution in [0.25, 0.3) is 0 Å². The monoisotopic (exact) mass is 404 g/mol. The molecule has 28 heavy (non-hydrogen) atoms. The number of hydrogen-bond acceptors (Lipinski definition) is 3. The summed E-state index contributed by atoms with van der Waals surface area (Å²) in [4.78, 5) is 0. The lowest BCUT2D eigenvalue weighted by molar-refractivity contribution is 0.113. The van der Waals surface area contributed by atoms with Gasteiger partial charge in [-0.3, -0.25) is 0 Å². The van der Waals surface area contributed by atoms with Crippen molar-refractivity contribution in [3.8, 4) is 17.2 Å². The minimum absolute atomic E-state index is 0.523. The molecule has 0 unspecified atom stereocenters. The molecule has 0 saturated heterocycles. The second-order valence-corrected chi connectivity index (χ2v) is 14.2. The van der Waals surface area contributed by atoms with Gasteiger partial charge in [0.1, 0.15) is 19.9 Å². The number of aliphatic hydroxyl groups excluding tert-OH is 1. The summed E-state index contributed by atoms with van der Waals surface area (Å²) in [6.45, 7) is 15.1. The molecule has 158 valence electrons. The molecule has 4 heteroatoms. The fraction of sp³-hybridized carbons (Fsp3) is 0.667. The van der Waals surface area contributed by atoms with Gasteiger partial charge in [0.15, 0.2) is 0 Å². The number of benzene rings is 1. The second kappa shape index (κ2) is 12.3. The van der Waals surface area contributed by atoms with Crippen LogP contribution in [0.2, 0.25) is 16.6 Å². The van der Waals surface area contributed by atoms with Crippen LogP contribution in [-0.2, 0) is 11.3 Å². The van der Waals surface area contributed by atoms with Crippen LogP contribution in [0.1, 0.15) is 66.4 Å². The van der Waals surface area contributed by atoms with Crippen molar-refractivity contribution in [3.63, 3.8) is 0 Å². The van der Waals surface area contributed by atoms with Crippen LogP contribution in [0, 0.1) is 11.5 Å².